The summed E-state index contributed by atoms with van der Waals surface area (Å²) in [5.41, 5.74) is 0.926. The van der Waals surface area contributed by atoms with Crippen molar-refractivity contribution in [3.63, 3.8) is 0 Å². The number of benzene rings is 1. The van der Waals surface area contributed by atoms with E-state index in [2.05, 4.69) is 5.32 Å². The van der Waals surface area contributed by atoms with Gasteiger partial charge in [0.1, 0.15) is 0 Å². The summed E-state index contributed by atoms with van der Waals surface area (Å²) in [5.74, 6) is -0.579. The molecule has 0 spiro atoms. The van der Waals surface area contributed by atoms with Gasteiger partial charge >= 0.3 is 6.18 Å². The Morgan fingerprint density at radius 2 is 1.90 bits per heavy atom. The zero-order valence-corrected chi connectivity index (χ0v) is 10.8. The van der Waals surface area contributed by atoms with Crippen LogP contribution in [0.2, 0.25) is 0 Å². The molecular weight excluding hydrogens is 273 g/mol. The lowest BCUT2D eigenvalue weighted by molar-refractivity contribution is -0.128. The summed E-state index contributed by atoms with van der Waals surface area (Å²) in [6, 6.07) is 8.68. The van der Waals surface area contributed by atoms with Gasteiger partial charge in [0.25, 0.3) is 0 Å². The van der Waals surface area contributed by atoms with Crippen molar-refractivity contribution in [2.75, 3.05) is 19.7 Å². The van der Waals surface area contributed by atoms with Gasteiger partial charge in [-0.15, -0.1) is 0 Å². The number of hydrogen-bond acceptors (Lipinski definition) is 3. The molecule has 1 atom stereocenters. The normalized spacial score (nSPS) is 13.0. The third-order valence-electron chi connectivity index (χ3n) is 2.52. The van der Waals surface area contributed by atoms with Gasteiger partial charge in [-0.05, 0) is 12.0 Å². The molecule has 7 heteroatoms. The smallest absolute Gasteiger partial charge is 0.394 e. The molecule has 112 valence electrons. The zero-order chi connectivity index (χ0) is 15.0. The number of aliphatic hydroxyl groups excluding tert-OH is 1. The lowest BCUT2D eigenvalue weighted by Crippen LogP contribution is -2.44. The second-order valence-corrected chi connectivity index (χ2v) is 4.36. The van der Waals surface area contributed by atoms with E-state index in [4.69, 9.17) is 0 Å². The highest BCUT2D eigenvalue weighted by atomic mass is 19.4. The summed E-state index contributed by atoms with van der Waals surface area (Å²) in [5, 5.41) is 13.7. The first-order valence-electron chi connectivity index (χ1n) is 6.12. The standard InChI is InChI=1S/C13H17F3N2O2/c14-13(15,16)9-17-7-12(20)18-11(8-19)6-10-4-2-1-3-5-10/h1-5,11,17,19H,6-9H2,(H,18,20)/t11-/m0/s1. The maximum atomic E-state index is 11.9. The van der Waals surface area contributed by atoms with Crippen LogP contribution in [0.4, 0.5) is 13.2 Å². The summed E-state index contributed by atoms with van der Waals surface area (Å²) in [7, 11) is 0. The number of rotatable bonds is 7. The van der Waals surface area contributed by atoms with Gasteiger partial charge in [0.2, 0.25) is 5.91 Å². The SMILES string of the molecule is O=C(CNCC(F)(F)F)N[C@H](CO)Cc1ccccc1. The van der Waals surface area contributed by atoms with E-state index in [1.165, 1.54) is 0 Å². The van der Waals surface area contributed by atoms with Gasteiger partial charge in [0.15, 0.2) is 0 Å². The maximum absolute atomic E-state index is 11.9. The van der Waals surface area contributed by atoms with Crippen LogP contribution >= 0.6 is 0 Å². The third-order valence-corrected chi connectivity index (χ3v) is 2.52. The van der Waals surface area contributed by atoms with Crippen molar-refractivity contribution in [2.45, 2.75) is 18.6 Å². The summed E-state index contributed by atoms with van der Waals surface area (Å²) in [6.07, 6.45) is -3.93. The van der Waals surface area contributed by atoms with E-state index in [-0.39, 0.29) is 6.61 Å². The van der Waals surface area contributed by atoms with Crippen molar-refractivity contribution in [2.24, 2.45) is 0 Å². The molecule has 0 heterocycles. The molecule has 0 aliphatic rings. The van der Waals surface area contributed by atoms with Crippen molar-refractivity contribution in [1.29, 1.82) is 0 Å². The number of alkyl halides is 3. The van der Waals surface area contributed by atoms with Gasteiger partial charge in [-0.25, -0.2) is 0 Å². The van der Waals surface area contributed by atoms with E-state index in [0.717, 1.165) is 5.56 Å². The van der Waals surface area contributed by atoms with Crippen LogP contribution in [0, 0.1) is 0 Å². The number of carbonyl (C=O) groups excluding carboxylic acids is 1. The summed E-state index contributed by atoms with van der Waals surface area (Å²) >= 11 is 0. The van der Waals surface area contributed by atoms with Crippen molar-refractivity contribution in [3.8, 4) is 0 Å². The highest BCUT2D eigenvalue weighted by molar-refractivity contribution is 5.78. The Kier molecular flexibility index (Phi) is 6.47. The molecule has 1 aromatic carbocycles. The van der Waals surface area contributed by atoms with Crippen LogP contribution in [0.5, 0.6) is 0 Å². The van der Waals surface area contributed by atoms with Crippen LogP contribution in [-0.2, 0) is 11.2 Å². The monoisotopic (exact) mass is 290 g/mol. The Morgan fingerprint density at radius 1 is 1.25 bits per heavy atom. The Morgan fingerprint density at radius 3 is 2.45 bits per heavy atom. The highest BCUT2D eigenvalue weighted by Gasteiger charge is 2.26. The predicted molar refractivity (Wildman–Crippen MR) is 68.1 cm³/mol. The van der Waals surface area contributed by atoms with E-state index < -0.39 is 31.2 Å². The topological polar surface area (TPSA) is 61.4 Å². The lowest BCUT2D eigenvalue weighted by atomic mass is 10.1. The summed E-state index contributed by atoms with van der Waals surface area (Å²) < 4.78 is 35.7. The Labute approximate surface area is 115 Å². The lowest BCUT2D eigenvalue weighted by Gasteiger charge is -2.17. The molecule has 0 bridgehead atoms. The molecule has 1 rings (SSSR count). The Bertz CT molecular complexity index is 410. The number of aliphatic hydroxyl groups is 1. The zero-order valence-electron chi connectivity index (χ0n) is 10.8. The minimum Gasteiger partial charge on any atom is -0.394 e. The molecule has 1 amide bonds. The maximum Gasteiger partial charge on any atom is 0.401 e. The fourth-order valence-electron chi connectivity index (χ4n) is 1.66. The first kappa shape index (κ1) is 16.5. The van der Waals surface area contributed by atoms with Gasteiger partial charge in [-0.3, -0.25) is 4.79 Å². The van der Waals surface area contributed by atoms with E-state index in [9.17, 15) is 23.1 Å². The summed E-state index contributed by atoms with van der Waals surface area (Å²) in [6.45, 7) is -1.94. The molecule has 3 N–H and O–H groups in total. The van der Waals surface area contributed by atoms with Crippen LogP contribution in [0.25, 0.3) is 0 Å². The second kappa shape index (κ2) is 7.86. The van der Waals surface area contributed by atoms with Crippen LogP contribution in [0.1, 0.15) is 5.56 Å². The molecule has 0 saturated heterocycles. The molecule has 0 aliphatic carbocycles. The number of halogens is 3. The van der Waals surface area contributed by atoms with E-state index in [0.29, 0.717) is 6.42 Å². The summed E-state index contributed by atoms with van der Waals surface area (Å²) in [4.78, 5) is 11.4. The second-order valence-electron chi connectivity index (χ2n) is 4.36. The quantitative estimate of drug-likeness (QED) is 0.698. The molecule has 0 aromatic heterocycles. The first-order valence-corrected chi connectivity index (χ1v) is 6.12. The van der Waals surface area contributed by atoms with Crippen molar-refractivity contribution in [1.82, 2.24) is 10.6 Å². The third kappa shape index (κ3) is 7.10. The van der Waals surface area contributed by atoms with E-state index in [1.807, 2.05) is 35.6 Å². The number of carbonyl (C=O) groups is 1. The number of hydrogen-bond donors (Lipinski definition) is 3. The van der Waals surface area contributed by atoms with Crippen molar-refractivity contribution < 1.29 is 23.1 Å². The van der Waals surface area contributed by atoms with Gasteiger partial charge in [0, 0.05) is 0 Å². The Balaban J connectivity index is 2.34. The van der Waals surface area contributed by atoms with Gasteiger partial charge < -0.3 is 15.7 Å². The highest BCUT2D eigenvalue weighted by Crippen LogP contribution is 2.11. The van der Waals surface area contributed by atoms with Crippen LogP contribution in [-0.4, -0.2) is 42.9 Å². The van der Waals surface area contributed by atoms with Gasteiger partial charge in [0.05, 0.1) is 25.7 Å². The molecule has 20 heavy (non-hydrogen) atoms. The number of nitrogens with one attached hydrogen (secondary N) is 2. The predicted octanol–water partition coefficient (Wildman–Crippen LogP) is 0.858. The average molecular weight is 290 g/mol. The molecule has 0 aliphatic heterocycles. The first-order chi connectivity index (χ1) is 9.40. The molecule has 1 aromatic rings. The van der Waals surface area contributed by atoms with Gasteiger partial charge in [-0.2, -0.15) is 13.2 Å². The van der Waals surface area contributed by atoms with Crippen molar-refractivity contribution >= 4 is 5.91 Å². The van der Waals surface area contributed by atoms with Crippen LogP contribution in [0.15, 0.2) is 30.3 Å². The number of amides is 1. The molecule has 0 radical (unpaired) electrons. The molecule has 0 fully saturated rings. The van der Waals surface area contributed by atoms with Crippen molar-refractivity contribution in [3.05, 3.63) is 35.9 Å². The molecule has 0 saturated carbocycles. The fourth-order valence-corrected chi connectivity index (χ4v) is 1.66. The van der Waals surface area contributed by atoms with Crippen LogP contribution in [0.3, 0.4) is 0 Å². The van der Waals surface area contributed by atoms with E-state index in [1.54, 1.807) is 0 Å². The minimum atomic E-state index is -4.35. The molecule has 0 unspecified atom stereocenters. The largest absolute Gasteiger partial charge is 0.401 e. The van der Waals surface area contributed by atoms with Crippen LogP contribution < -0.4 is 10.6 Å². The molecule has 4 nitrogen and oxygen atoms in total. The van der Waals surface area contributed by atoms with Gasteiger partial charge in [-0.1, -0.05) is 30.3 Å². The van der Waals surface area contributed by atoms with E-state index >= 15 is 0 Å². The Hall–Kier alpha value is -1.60. The molecular formula is C13H17F3N2O2. The minimum absolute atomic E-state index is 0.278. The average Bonchev–Trinajstić information content (AvgIpc) is 2.37. The fraction of sp³-hybridized carbons (Fsp3) is 0.462.